The van der Waals surface area contributed by atoms with Crippen molar-refractivity contribution in [3.8, 4) is 11.4 Å². The summed E-state index contributed by atoms with van der Waals surface area (Å²) >= 11 is 0. The van der Waals surface area contributed by atoms with Crippen LogP contribution >= 0.6 is 0 Å². The SMILES string of the molecule is C=O.CCCO.Cc1ccccc1C.NC(=O)NC(Cc1ccccc1)c1nccn1-c1cccc(OC(F)(F)F)c1. The third-order valence-corrected chi connectivity index (χ3v) is 5.56. The number of benzene rings is 3. The van der Waals surface area contributed by atoms with Crippen LogP contribution in [0.1, 0.15) is 41.9 Å². The molecule has 1 atom stereocenters. The van der Waals surface area contributed by atoms with Gasteiger partial charge in [0.05, 0.1) is 11.7 Å². The van der Waals surface area contributed by atoms with Crippen molar-refractivity contribution in [2.45, 2.75) is 46.0 Å². The van der Waals surface area contributed by atoms with Gasteiger partial charge in [-0.3, -0.25) is 0 Å². The molecule has 4 rings (SSSR count). The first-order valence-electron chi connectivity index (χ1n) is 12.9. The third kappa shape index (κ3) is 13.1. The van der Waals surface area contributed by atoms with Gasteiger partial charge in [0.2, 0.25) is 0 Å². The molecule has 0 aliphatic rings. The van der Waals surface area contributed by atoms with Crippen LogP contribution in [-0.4, -0.2) is 40.4 Å². The second-order valence-electron chi connectivity index (χ2n) is 8.76. The average molecular weight is 587 g/mol. The molecular weight excluding hydrogens is 549 g/mol. The molecule has 42 heavy (non-hydrogen) atoms. The number of aryl methyl sites for hydroxylation is 2. The highest BCUT2D eigenvalue weighted by atomic mass is 19.4. The fourth-order valence-corrected chi connectivity index (χ4v) is 3.51. The Morgan fingerprint density at radius 2 is 1.60 bits per heavy atom. The maximum atomic E-state index is 12.5. The van der Waals surface area contributed by atoms with Crippen LogP contribution in [0.4, 0.5) is 18.0 Å². The number of urea groups is 1. The fourth-order valence-electron chi connectivity index (χ4n) is 3.51. The summed E-state index contributed by atoms with van der Waals surface area (Å²) in [6, 6.07) is 21.9. The second-order valence-corrected chi connectivity index (χ2v) is 8.76. The summed E-state index contributed by atoms with van der Waals surface area (Å²) in [5.74, 6) is 0.0685. The lowest BCUT2D eigenvalue weighted by Crippen LogP contribution is -2.35. The van der Waals surface area contributed by atoms with E-state index in [1.165, 1.54) is 35.5 Å². The number of nitrogens with one attached hydrogen (secondary N) is 1. The van der Waals surface area contributed by atoms with Crippen molar-refractivity contribution < 1.29 is 32.6 Å². The molecule has 8 nitrogen and oxygen atoms in total. The molecule has 0 radical (unpaired) electrons. The van der Waals surface area contributed by atoms with E-state index >= 15 is 0 Å². The van der Waals surface area contributed by atoms with Crippen LogP contribution in [0.25, 0.3) is 5.69 Å². The van der Waals surface area contributed by atoms with Crippen molar-refractivity contribution >= 4 is 12.8 Å². The molecule has 0 aliphatic heterocycles. The van der Waals surface area contributed by atoms with Gasteiger partial charge < -0.3 is 30.3 Å². The van der Waals surface area contributed by atoms with Gasteiger partial charge in [0.1, 0.15) is 18.4 Å². The van der Waals surface area contributed by atoms with Crippen LogP contribution < -0.4 is 15.8 Å². The molecule has 0 aliphatic carbocycles. The van der Waals surface area contributed by atoms with E-state index in [2.05, 4.69) is 53.2 Å². The molecule has 0 spiro atoms. The summed E-state index contributed by atoms with van der Waals surface area (Å²) in [6.07, 6.45) is -0.435. The molecule has 0 fully saturated rings. The maximum absolute atomic E-state index is 12.5. The number of primary amides is 1. The standard InChI is InChI=1S/C19H17F3N4O2.C8H10.C3H8O.CH2O/c20-19(21,22)28-15-8-4-7-14(12-15)26-10-9-24-17(26)16(25-18(23)27)11-13-5-2-1-3-6-13;1-7-5-3-4-6-8(7)2;1-2-3-4;1-2/h1-10,12,16H,11H2,(H3,23,25,27);3-6H,1-2H3;4H,2-3H2,1H3;1H2. The number of nitrogens with two attached hydrogens (primary N) is 1. The van der Waals surface area contributed by atoms with Crippen molar-refractivity contribution in [1.29, 1.82) is 0 Å². The topological polar surface area (TPSA) is 119 Å². The van der Waals surface area contributed by atoms with E-state index in [1.54, 1.807) is 16.8 Å². The number of aliphatic hydroxyl groups excluding tert-OH is 1. The van der Waals surface area contributed by atoms with E-state index in [9.17, 15) is 18.0 Å². The van der Waals surface area contributed by atoms with Crippen LogP contribution in [-0.2, 0) is 11.2 Å². The number of ether oxygens (including phenoxy) is 1. The molecule has 4 aromatic rings. The van der Waals surface area contributed by atoms with E-state index in [0.29, 0.717) is 24.5 Å². The molecule has 2 amide bonds. The number of hydrogen-bond acceptors (Lipinski definition) is 5. The van der Waals surface area contributed by atoms with Crippen LogP contribution in [0.5, 0.6) is 5.75 Å². The first-order valence-corrected chi connectivity index (χ1v) is 12.9. The normalized spacial score (nSPS) is 10.8. The number of alkyl halides is 3. The number of hydrogen-bond donors (Lipinski definition) is 3. The fraction of sp³-hybridized carbons (Fsp3) is 0.258. The third-order valence-electron chi connectivity index (χ3n) is 5.56. The van der Waals surface area contributed by atoms with Crippen molar-refractivity contribution in [3.05, 3.63) is 114 Å². The quantitative estimate of drug-likeness (QED) is 0.237. The predicted molar refractivity (Wildman–Crippen MR) is 156 cm³/mol. The van der Waals surface area contributed by atoms with Gasteiger partial charge in [-0.1, -0.05) is 67.6 Å². The maximum Gasteiger partial charge on any atom is 0.573 e. The zero-order valence-electron chi connectivity index (χ0n) is 23.8. The number of rotatable bonds is 7. The zero-order valence-corrected chi connectivity index (χ0v) is 23.8. The number of aromatic nitrogens is 2. The number of amides is 2. The Labute approximate surface area is 244 Å². The van der Waals surface area contributed by atoms with Crippen molar-refractivity contribution in [3.63, 3.8) is 0 Å². The average Bonchev–Trinajstić information content (AvgIpc) is 3.46. The summed E-state index contributed by atoms with van der Waals surface area (Å²) in [6.45, 7) is 8.49. The molecule has 1 heterocycles. The second kappa shape index (κ2) is 18.7. The van der Waals surface area contributed by atoms with Gasteiger partial charge in [-0.25, -0.2) is 9.78 Å². The number of imidazole rings is 1. The molecule has 1 unspecified atom stereocenters. The van der Waals surface area contributed by atoms with E-state index in [-0.39, 0.29) is 5.75 Å². The summed E-state index contributed by atoms with van der Waals surface area (Å²) < 4.78 is 43.1. The predicted octanol–water partition coefficient (Wildman–Crippen LogP) is 6.23. The van der Waals surface area contributed by atoms with Gasteiger partial charge in [-0.2, -0.15) is 0 Å². The minimum Gasteiger partial charge on any atom is -0.406 e. The Morgan fingerprint density at radius 1 is 1.02 bits per heavy atom. The molecule has 1 aromatic heterocycles. The number of aliphatic hydroxyl groups is 1. The minimum absolute atomic E-state index is 0.319. The van der Waals surface area contributed by atoms with Gasteiger partial charge in [-0.05, 0) is 55.5 Å². The number of halogens is 3. The molecule has 0 saturated heterocycles. The van der Waals surface area contributed by atoms with Crippen LogP contribution in [0, 0.1) is 13.8 Å². The van der Waals surface area contributed by atoms with Gasteiger partial charge in [0.25, 0.3) is 0 Å². The lowest BCUT2D eigenvalue weighted by Gasteiger charge is -2.19. The number of carbonyl (C=O) groups is 2. The molecule has 226 valence electrons. The first kappa shape index (κ1) is 35.4. The Bertz CT molecular complexity index is 1310. The smallest absolute Gasteiger partial charge is 0.406 e. The lowest BCUT2D eigenvalue weighted by atomic mass is 10.1. The Kier molecular flexibility index (Phi) is 15.7. The summed E-state index contributed by atoms with van der Waals surface area (Å²) in [7, 11) is 0. The molecule has 11 heteroatoms. The van der Waals surface area contributed by atoms with E-state index in [1.807, 2.05) is 44.0 Å². The number of carbonyl (C=O) groups excluding carboxylic acids is 2. The lowest BCUT2D eigenvalue weighted by molar-refractivity contribution is -0.274. The van der Waals surface area contributed by atoms with Gasteiger partial charge in [-0.15, -0.1) is 13.2 Å². The van der Waals surface area contributed by atoms with E-state index in [0.717, 1.165) is 12.0 Å². The number of nitrogens with zero attached hydrogens (tertiary/aromatic N) is 2. The first-order chi connectivity index (χ1) is 20.0. The molecule has 0 saturated carbocycles. The monoisotopic (exact) mass is 586 g/mol. The van der Waals surface area contributed by atoms with Crippen molar-refractivity contribution in [2.75, 3.05) is 6.61 Å². The van der Waals surface area contributed by atoms with Crippen LogP contribution in [0.2, 0.25) is 0 Å². The molecule has 0 bridgehead atoms. The van der Waals surface area contributed by atoms with Crippen molar-refractivity contribution in [1.82, 2.24) is 14.9 Å². The van der Waals surface area contributed by atoms with Gasteiger partial charge in [0.15, 0.2) is 0 Å². The van der Waals surface area contributed by atoms with Crippen LogP contribution in [0.15, 0.2) is 91.3 Å². The highest BCUT2D eigenvalue weighted by Crippen LogP contribution is 2.27. The van der Waals surface area contributed by atoms with E-state index < -0.39 is 18.4 Å². The Hall–Kier alpha value is -4.64. The summed E-state index contributed by atoms with van der Waals surface area (Å²) in [5, 5.41) is 10.5. The van der Waals surface area contributed by atoms with Crippen LogP contribution in [0.3, 0.4) is 0 Å². The minimum atomic E-state index is -4.79. The molecule has 4 N–H and O–H groups in total. The molecular formula is C31H37F3N4O4. The largest absolute Gasteiger partial charge is 0.573 e. The van der Waals surface area contributed by atoms with Gasteiger partial charge in [0, 0.05) is 25.1 Å². The van der Waals surface area contributed by atoms with Gasteiger partial charge >= 0.3 is 12.4 Å². The summed E-state index contributed by atoms with van der Waals surface area (Å²) in [4.78, 5) is 23.8. The highest BCUT2D eigenvalue weighted by Gasteiger charge is 2.31. The molecule has 3 aromatic carbocycles. The highest BCUT2D eigenvalue weighted by molar-refractivity contribution is 5.72. The summed E-state index contributed by atoms with van der Waals surface area (Å²) in [5.41, 5.74) is 9.38. The van der Waals surface area contributed by atoms with E-state index in [4.69, 9.17) is 15.6 Å². The van der Waals surface area contributed by atoms with Crippen molar-refractivity contribution in [2.24, 2.45) is 5.73 Å². The zero-order chi connectivity index (χ0) is 31.5. The Balaban J connectivity index is 0.000000521. The Morgan fingerprint density at radius 3 is 2.10 bits per heavy atom.